The minimum absolute atomic E-state index is 0.103. The summed E-state index contributed by atoms with van der Waals surface area (Å²) in [6, 6.07) is 6.74. The minimum atomic E-state index is -1.04. The summed E-state index contributed by atoms with van der Waals surface area (Å²) in [5.74, 6) is -1.38. The van der Waals surface area contributed by atoms with Crippen molar-refractivity contribution in [2.24, 2.45) is 0 Å². The van der Waals surface area contributed by atoms with Crippen LogP contribution in [-0.2, 0) is 20.7 Å². The number of hydrogen-bond donors (Lipinski definition) is 3. The predicted octanol–water partition coefficient (Wildman–Crippen LogP) is 3.41. The molecule has 27 heavy (non-hydrogen) atoms. The smallest absolute Gasteiger partial charge is 0.326 e. The van der Waals surface area contributed by atoms with E-state index >= 15 is 0 Å². The van der Waals surface area contributed by atoms with Gasteiger partial charge in [-0.3, -0.25) is 4.79 Å². The monoisotopic (exact) mass is 372 g/mol. The van der Waals surface area contributed by atoms with Crippen LogP contribution in [-0.4, -0.2) is 40.2 Å². The molecule has 1 amide bonds. The van der Waals surface area contributed by atoms with Gasteiger partial charge in [-0.25, -0.2) is 4.79 Å². The third kappa shape index (κ3) is 4.89. The van der Waals surface area contributed by atoms with Gasteiger partial charge in [0.1, 0.15) is 12.1 Å². The van der Waals surface area contributed by atoms with Gasteiger partial charge in [-0.1, -0.05) is 44.4 Å². The number of ether oxygens (including phenoxy) is 1. The zero-order valence-corrected chi connectivity index (χ0v) is 15.7. The van der Waals surface area contributed by atoms with E-state index in [1.165, 1.54) is 6.42 Å². The zero-order valence-electron chi connectivity index (χ0n) is 15.7. The topological polar surface area (TPSA) is 91.4 Å². The lowest BCUT2D eigenvalue weighted by molar-refractivity contribution is -0.146. The molecule has 6 heteroatoms. The van der Waals surface area contributed by atoms with Gasteiger partial charge in [-0.15, -0.1) is 0 Å². The number of benzene rings is 1. The van der Waals surface area contributed by atoms with Gasteiger partial charge in [-0.2, -0.15) is 0 Å². The van der Waals surface area contributed by atoms with Crippen LogP contribution in [0.4, 0.5) is 0 Å². The number of carbonyl (C=O) groups is 2. The maximum absolute atomic E-state index is 12.6. The molecule has 3 N–H and O–H groups in total. The molecule has 0 spiro atoms. The lowest BCUT2D eigenvalue weighted by Gasteiger charge is -2.27. The predicted molar refractivity (Wildman–Crippen MR) is 104 cm³/mol. The third-order valence-corrected chi connectivity index (χ3v) is 5.29. The first-order chi connectivity index (χ1) is 13.1. The van der Waals surface area contributed by atoms with E-state index < -0.39 is 18.1 Å². The van der Waals surface area contributed by atoms with Crippen molar-refractivity contribution in [2.45, 2.75) is 70.1 Å². The lowest BCUT2D eigenvalue weighted by atomic mass is 9.97. The number of carboxylic acids is 1. The summed E-state index contributed by atoms with van der Waals surface area (Å²) in [5.41, 5.74) is 1.83. The van der Waals surface area contributed by atoms with E-state index in [4.69, 9.17) is 4.74 Å². The SMILES string of the molecule is CCC(OC1CCCCC1)C(=O)NC(Cc1c[nH]c2ccccc12)C(=O)O. The van der Waals surface area contributed by atoms with Crippen LogP contribution < -0.4 is 5.32 Å². The van der Waals surface area contributed by atoms with Crippen LogP contribution in [0.25, 0.3) is 10.9 Å². The van der Waals surface area contributed by atoms with Gasteiger partial charge >= 0.3 is 5.97 Å². The van der Waals surface area contributed by atoms with Crippen LogP contribution in [0.2, 0.25) is 0 Å². The lowest BCUT2D eigenvalue weighted by Crippen LogP contribution is -2.48. The van der Waals surface area contributed by atoms with Crippen molar-refractivity contribution < 1.29 is 19.4 Å². The number of carbonyl (C=O) groups excluding carboxylic acids is 1. The first-order valence-corrected chi connectivity index (χ1v) is 9.82. The number of aromatic nitrogens is 1. The Morgan fingerprint density at radius 3 is 2.70 bits per heavy atom. The summed E-state index contributed by atoms with van der Waals surface area (Å²) in [7, 11) is 0. The van der Waals surface area contributed by atoms with Crippen molar-refractivity contribution >= 4 is 22.8 Å². The maximum Gasteiger partial charge on any atom is 0.326 e. The molecule has 2 aromatic rings. The van der Waals surface area contributed by atoms with Crippen molar-refractivity contribution in [1.29, 1.82) is 0 Å². The molecule has 0 bridgehead atoms. The summed E-state index contributed by atoms with van der Waals surface area (Å²) >= 11 is 0. The number of nitrogens with one attached hydrogen (secondary N) is 2. The maximum atomic E-state index is 12.6. The quantitative estimate of drug-likeness (QED) is 0.662. The van der Waals surface area contributed by atoms with Gasteiger partial charge in [0.25, 0.3) is 0 Å². The van der Waals surface area contributed by atoms with E-state index in [1.807, 2.05) is 37.4 Å². The second-order valence-electron chi connectivity index (χ2n) is 7.26. The molecule has 1 aromatic heterocycles. The van der Waals surface area contributed by atoms with Crippen molar-refractivity contribution in [3.8, 4) is 0 Å². The number of aromatic amines is 1. The molecule has 1 aromatic carbocycles. The molecule has 6 nitrogen and oxygen atoms in total. The minimum Gasteiger partial charge on any atom is -0.480 e. The molecular formula is C21H28N2O4. The Morgan fingerprint density at radius 1 is 1.26 bits per heavy atom. The molecule has 0 saturated heterocycles. The highest BCUT2D eigenvalue weighted by Gasteiger charge is 2.28. The molecule has 146 valence electrons. The number of para-hydroxylation sites is 1. The Bertz CT molecular complexity index is 779. The highest BCUT2D eigenvalue weighted by molar-refractivity contribution is 5.88. The van der Waals surface area contributed by atoms with E-state index in [0.717, 1.165) is 42.1 Å². The molecule has 1 aliphatic rings. The Labute approximate surface area is 159 Å². The van der Waals surface area contributed by atoms with Gasteiger partial charge in [0.05, 0.1) is 6.10 Å². The number of carboxylic acid groups (broad SMARTS) is 1. The summed E-state index contributed by atoms with van der Waals surface area (Å²) in [5, 5.41) is 13.3. The normalized spacial score (nSPS) is 17.5. The van der Waals surface area contributed by atoms with E-state index in [0.29, 0.717) is 6.42 Å². The summed E-state index contributed by atoms with van der Waals surface area (Å²) in [6.07, 6.45) is 7.48. The number of fused-ring (bicyclic) bond motifs is 1. The highest BCUT2D eigenvalue weighted by Crippen LogP contribution is 2.23. The Kier molecular flexibility index (Phi) is 6.50. The van der Waals surface area contributed by atoms with Gasteiger partial charge in [0, 0.05) is 23.5 Å². The Balaban J connectivity index is 1.65. The van der Waals surface area contributed by atoms with Gasteiger partial charge < -0.3 is 20.1 Å². The second-order valence-corrected chi connectivity index (χ2v) is 7.26. The highest BCUT2D eigenvalue weighted by atomic mass is 16.5. The van der Waals surface area contributed by atoms with Crippen LogP contribution in [0, 0.1) is 0 Å². The zero-order chi connectivity index (χ0) is 19.2. The number of hydrogen-bond acceptors (Lipinski definition) is 3. The average Bonchev–Trinajstić information content (AvgIpc) is 3.09. The molecule has 0 radical (unpaired) electrons. The number of aliphatic carboxylic acids is 1. The number of amides is 1. The van der Waals surface area contributed by atoms with Crippen LogP contribution in [0.3, 0.4) is 0 Å². The number of H-pyrrole nitrogens is 1. The molecule has 1 fully saturated rings. The second kappa shape index (κ2) is 9.04. The molecule has 0 aliphatic heterocycles. The van der Waals surface area contributed by atoms with Crippen LogP contribution in [0.15, 0.2) is 30.5 Å². The fourth-order valence-corrected chi connectivity index (χ4v) is 3.76. The van der Waals surface area contributed by atoms with Crippen LogP contribution >= 0.6 is 0 Å². The van der Waals surface area contributed by atoms with Gasteiger partial charge in [-0.05, 0) is 30.9 Å². The van der Waals surface area contributed by atoms with E-state index in [9.17, 15) is 14.7 Å². The standard InChI is InChI=1S/C21H28N2O4/c1-2-19(27-15-8-4-3-5-9-15)20(24)23-18(21(25)26)12-14-13-22-17-11-7-6-10-16(14)17/h6-7,10-11,13,15,18-19,22H,2-5,8-9,12H2,1H3,(H,23,24)(H,25,26). The molecule has 1 saturated carbocycles. The molecule has 2 unspecified atom stereocenters. The van der Waals surface area contributed by atoms with Crippen LogP contribution in [0.5, 0.6) is 0 Å². The Hall–Kier alpha value is -2.34. The van der Waals surface area contributed by atoms with E-state index in [-0.39, 0.29) is 18.4 Å². The molecule has 2 atom stereocenters. The van der Waals surface area contributed by atoms with Crippen molar-refractivity contribution in [3.63, 3.8) is 0 Å². The van der Waals surface area contributed by atoms with Gasteiger partial charge in [0.15, 0.2) is 0 Å². The van der Waals surface area contributed by atoms with Crippen LogP contribution in [0.1, 0.15) is 51.0 Å². The first-order valence-electron chi connectivity index (χ1n) is 9.82. The fraction of sp³-hybridized carbons (Fsp3) is 0.524. The Morgan fingerprint density at radius 2 is 2.00 bits per heavy atom. The van der Waals surface area contributed by atoms with E-state index in [2.05, 4.69) is 10.3 Å². The molecule has 1 heterocycles. The summed E-state index contributed by atoms with van der Waals surface area (Å²) in [4.78, 5) is 27.5. The van der Waals surface area contributed by atoms with Crippen molar-refractivity contribution in [2.75, 3.05) is 0 Å². The third-order valence-electron chi connectivity index (χ3n) is 5.29. The fourth-order valence-electron chi connectivity index (χ4n) is 3.76. The largest absolute Gasteiger partial charge is 0.480 e. The molecule has 1 aliphatic carbocycles. The van der Waals surface area contributed by atoms with Gasteiger partial charge in [0.2, 0.25) is 5.91 Å². The first kappa shape index (κ1) is 19.4. The van der Waals surface area contributed by atoms with E-state index in [1.54, 1.807) is 0 Å². The number of rotatable bonds is 8. The summed E-state index contributed by atoms with van der Waals surface area (Å²) < 4.78 is 5.98. The molecular weight excluding hydrogens is 344 g/mol. The molecule has 3 rings (SSSR count). The average molecular weight is 372 g/mol. The summed E-state index contributed by atoms with van der Waals surface area (Å²) in [6.45, 7) is 1.89. The van der Waals surface area contributed by atoms with Crippen molar-refractivity contribution in [3.05, 3.63) is 36.0 Å². The van der Waals surface area contributed by atoms with Crippen molar-refractivity contribution in [1.82, 2.24) is 10.3 Å².